The molecule has 132 valence electrons. The average molecular weight is 366 g/mol. The van der Waals surface area contributed by atoms with E-state index in [0.29, 0.717) is 5.69 Å². The van der Waals surface area contributed by atoms with E-state index in [9.17, 15) is 9.59 Å². The lowest BCUT2D eigenvalue weighted by molar-refractivity contribution is -0.137. The van der Waals surface area contributed by atoms with Crippen LogP contribution in [0.3, 0.4) is 0 Å². The fourth-order valence-corrected chi connectivity index (χ4v) is 3.55. The van der Waals surface area contributed by atoms with E-state index in [4.69, 9.17) is 5.11 Å². The Morgan fingerprint density at radius 1 is 1.12 bits per heavy atom. The van der Waals surface area contributed by atoms with Crippen LogP contribution in [-0.2, 0) is 4.79 Å². The second kappa shape index (κ2) is 7.93. The number of amides is 1. The number of carbonyl (C=O) groups is 2. The zero-order valence-corrected chi connectivity index (χ0v) is 15.0. The summed E-state index contributed by atoms with van der Waals surface area (Å²) in [6.07, 6.45) is -0.190. The van der Waals surface area contributed by atoms with Crippen LogP contribution in [0.2, 0.25) is 0 Å². The number of carboxylic acid groups (broad SMARTS) is 1. The molecule has 1 heterocycles. The summed E-state index contributed by atoms with van der Waals surface area (Å²) in [6, 6.07) is 16.3. The number of aryl methyl sites for hydroxylation is 1. The van der Waals surface area contributed by atoms with Gasteiger partial charge >= 0.3 is 5.97 Å². The molecule has 0 aliphatic heterocycles. The molecular formula is C20H18N2O3S. The van der Waals surface area contributed by atoms with Crippen LogP contribution in [0.5, 0.6) is 0 Å². The molecule has 0 fully saturated rings. The number of nitrogens with one attached hydrogen (secondary N) is 1. The quantitative estimate of drug-likeness (QED) is 0.689. The van der Waals surface area contributed by atoms with Gasteiger partial charge in [0.1, 0.15) is 10.7 Å². The van der Waals surface area contributed by atoms with Gasteiger partial charge in [0.15, 0.2) is 0 Å². The molecule has 0 saturated heterocycles. The number of carboxylic acids is 1. The maximum atomic E-state index is 12.6. The van der Waals surface area contributed by atoms with Crippen LogP contribution >= 0.6 is 11.3 Å². The van der Waals surface area contributed by atoms with Crippen molar-refractivity contribution < 1.29 is 14.7 Å². The largest absolute Gasteiger partial charge is 0.481 e. The van der Waals surface area contributed by atoms with Gasteiger partial charge in [0, 0.05) is 10.9 Å². The predicted octanol–water partition coefficient (Wildman–Crippen LogP) is 4.06. The van der Waals surface area contributed by atoms with Crippen LogP contribution in [-0.4, -0.2) is 22.0 Å². The first-order valence-corrected chi connectivity index (χ1v) is 9.01. The topological polar surface area (TPSA) is 79.3 Å². The maximum absolute atomic E-state index is 12.6. The number of aromatic nitrogens is 1. The number of aliphatic carboxylic acids is 1. The van der Waals surface area contributed by atoms with Crippen LogP contribution in [0.15, 0.2) is 60.0 Å². The smallest absolute Gasteiger partial charge is 0.305 e. The van der Waals surface area contributed by atoms with E-state index in [-0.39, 0.29) is 12.3 Å². The van der Waals surface area contributed by atoms with Crippen LogP contribution in [0, 0.1) is 6.92 Å². The third kappa shape index (κ3) is 4.15. The highest BCUT2D eigenvalue weighted by atomic mass is 32.1. The molecule has 1 atom stereocenters. The fraction of sp³-hybridized carbons (Fsp3) is 0.150. The Morgan fingerprint density at radius 2 is 1.81 bits per heavy atom. The van der Waals surface area contributed by atoms with Gasteiger partial charge in [-0.05, 0) is 18.1 Å². The summed E-state index contributed by atoms with van der Waals surface area (Å²) in [4.78, 5) is 28.2. The van der Waals surface area contributed by atoms with Crippen molar-refractivity contribution >= 4 is 23.2 Å². The van der Waals surface area contributed by atoms with Gasteiger partial charge in [-0.3, -0.25) is 9.59 Å². The van der Waals surface area contributed by atoms with Crippen molar-refractivity contribution in [2.45, 2.75) is 19.4 Å². The minimum Gasteiger partial charge on any atom is -0.481 e. The molecule has 2 aromatic carbocycles. The summed E-state index contributed by atoms with van der Waals surface area (Å²) in [5, 5.41) is 14.4. The number of benzene rings is 2. The van der Waals surface area contributed by atoms with Gasteiger partial charge < -0.3 is 10.4 Å². The SMILES string of the molecule is Cc1ccccc1-c1nc(C(=O)NC(CC(=O)O)c2ccccc2)cs1. The molecule has 0 spiro atoms. The number of hydrogen-bond acceptors (Lipinski definition) is 4. The van der Waals surface area contributed by atoms with Crippen molar-refractivity contribution in [3.05, 3.63) is 76.8 Å². The first kappa shape index (κ1) is 17.8. The normalized spacial score (nSPS) is 11.7. The highest BCUT2D eigenvalue weighted by Crippen LogP contribution is 2.27. The number of carbonyl (C=O) groups excluding carboxylic acids is 1. The minimum atomic E-state index is -0.974. The Morgan fingerprint density at radius 3 is 2.50 bits per heavy atom. The monoisotopic (exact) mass is 366 g/mol. The van der Waals surface area contributed by atoms with Crippen molar-refractivity contribution in [1.82, 2.24) is 10.3 Å². The molecular weight excluding hydrogens is 348 g/mol. The highest BCUT2D eigenvalue weighted by molar-refractivity contribution is 7.13. The Balaban J connectivity index is 1.80. The summed E-state index contributed by atoms with van der Waals surface area (Å²) in [6.45, 7) is 1.99. The standard InChI is InChI=1S/C20H18N2O3S/c1-13-7-5-6-10-15(13)20-22-17(12-26-20)19(25)21-16(11-18(23)24)14-8-3-2-4-9-14/h2-10,12,16H,11H2,1H3,(H,21,25)(H,23,24). The molecule has 0 saturated carbocycles. The van der Waals surface area contributed by atoms with E-state index < -0.39 is 12.0 Å². The molecule has 0 bridgehead atoms. The highest BCUT2D eigenvalue weighted by Gasteiger charge is 2.20. The van der Waals surface area contributed by atoms with E-state index >= 15 is 0 Å². The molecule has 0 radical (unpaired) electrons. The summed E-state index contributed by atoms with van der Waals surface area (Å²) in [5.41, 5.74) is 3.11. The molecule has 5 nitrogen and oxygen atoms in total. The molecule has 1 aromatic heterocycles. The molecule has 2 N–H and O–H groups in total. The average Bonchev–Trinajstić information content (AvgIpc) is 3.12. The van der Waals surface area contributed by atoms with E-state index in [1.807, 2.05) is 49.4 Å². The molecule has 3 aromatic rings. The molecule has 0 aliphatic carbocycles. The Labute approximate surface area is 155 Å². The van der Waals surface area contributed by atoms with Crippen molar-refractivity contribution in [2.75, 3.05) is 0 Å². The number of hydrogen-bond donors (Lipinski definition) is 2. The van der Waals surface area contributed by atoms with Gasteiger partial charge in [0.2, 0.25) is 0 Å². The van der Waals surface area contributed by atoms with Gasteiger partial charge in [0.05, 0.1) is 12.5 Å². The van der Waals surface area contributed by atoms with Gasteiger partial charge in [-0.15, -0.1) is 11.3 Å². The predicted molar refractivity (Wildman–Crippen MR) is 101 cm³/mol. The van der Waals surface area contributed by atoms with Crippen LogP contribution in [0.4, 0.5) is 0 Å². The van der Waals surface area contributed by atoms with Crippen molar-refractivity contribution in [3.63, 3.8) is 0 Å². The van der Waals surface area contributed by atoms with Crippen molar-refractivity contribution in [2.24, 2.45) is 0 Å². The fourth-order valence-electron chi connectivity index (χ4n) is 2.66. The third-order valence-electron chi connectivity index (χ3n) is 4.00. The number of thiazole rings is 1. The lowest BCUT2D eigenvalue weighted by Gasteiger charge is -2.16. The van der Waals surface area contributed by atoms with Crippen LogP contribution in [0.25, 0.3) is 10.6 Å². The first-order valence-electron chi connectivity index (χ1n) is 8.13. The Bertz CT molecular complexity index is 922. The van der Waals surface area contributed by atoms with Crippen molar-refractivity contribution in [1.29, 1.82) is 0 Å². The Hall–Kier alpha value is -2.99. The van der Waals surface area contributed by atoms with Gasteiger partial charge in [-0.2, -0.15) is 0 Å². The van der Waals surface area contributed by atoms with Crippen molar-refractivity contribution in [3.8, 4) is 10.6 Å². The zero-order valence-electron chi connectivity index (χ0n) is 14.2. The number of nitrogens with zero attached hydrogens (tertiary/aromatic N) is 1. The second-order valence-corrected chi connectivity index (χ2v) is 6.75. The molecule has 6 heteroatoms. The van der Waals surface area contributed by atoms with Crippen LogP contribution in [0.1, 0.15) is 34.1 Å². The van der Waals surface area contributed by atoms with Gasteiger partial charge in [-0.1, -0.05) is 54.6 Å². The van der Waals surface area contributed by atoms with Gasteiger partial charge in [0.25, 0.3) is 5.91 Å². The van der Waals surface area contributed by atoms with E-state index in [1.165, 1.54) is 11.3 Å². The maximum Gasteiger partial charge on any atom is 0.305 e. The third-order valence-corrected chi connectivity index (χ3v) is 4.87. The zero-order chi connectivity index (χ0) is 18.5. The Kier molecular flexibility index (Phi) is 5.43. The first-order chi connectivity index (χ1) is 12.5. The molecule has 1 amide bonds. The molecule has 1 unspecified atom stereocenters. The summed E-state index contributed by atoms with van der Waals surface area (Å²) in [5.74, 6) is -1.35. The molecule has 3 rings (SSSR count). The van der Waals surface area contributed by atoms with E-state index in [1.54, 1.807) is 17.5 Å². The second-order valence-electron chi connectivity index (χ2n) is 5.89. The van der Waals surface area contributed by atoms with E-state index in [0.717, 1.165) is 21.7 Å². The summed E-state index contributed by atoms with van der Waals surface area (Å²) in [7, 11) is 0. The summed E-state index contributed by atoms with van der Waals surface area (Å²) >= 11 is 1.39. The van der Waals surface area contributed by atoms with Crippen LogP contribution < -0.4 is 5.32 Å². The lowest BCUT2D eigenvalue weighted by Crippen LogP contribution is -2.30. The summed E-state index contributed by atoms with van der Waals surface area (Å²) < 4.78 is 0. The molecule has 0 aliphatic rings. The van der Waals surface area contributed by atoms with E-state index in [2.05, 4.69) is 10.3 Å². The number of rotatable bonds is 6. The lowest BCUT2D eigenvalue weighted by atomic mass is 10.0. The van der Waals surface area contributed by atoms with Gasteiger partial charge in [-0.25, -0.2) is 4.98 Å². The minimum absolute atomic E-state index is 0.190. The molecule has 26 heavy (non-hydrogen) atoms.